The fraction of sp³-hybridized carbons (Fsp3) is 1.00. The van der Waals surface area contributed by atoms with Crippen LogP contribution < -0.4 is 0 Å². The van der Waals surface area contributed by atoms with Gasteiger partial charge in [-0.05, 0) is 37.5 Å². The molecule has 0 aromatic rings. The van der Waals surface area contributed by atoms with Crippen molar-refractivity contribution in [3.63, 3.8) is 0 Å². The Morgan fingerprint density at radius 3 is 2.61 bits per heavy atom. The lowest BCUT2D eigenvalue weighted by Gasteiger charge is -2.37. The van der Waals surface area contributed by atoms with E-state index in [1.807, 2.05) is 6.92 Å². The standard InChI is InChI=1S/C15H28O3/c1-10(2)14-6-5-11(3)7-15(14)17-9-13-8-16-12(4)18-13/h10-15H,5-9H2,1-4H3. The van der Waals surface area contributed by atoms with E-state index in [1.54, 1.807) is 0 Å². The van der Waals surface area contributed by atoms with Crippen molar-refractivity contribution in [3.05, 3.63) is 0 Å². The van der Waals surface area contributed by atoms with E-state index in [1.165, 1.54) is 19.3 Å². The molecule has 106 valence electrons. The largest absolute Gasteiger partial charge is 0.375 e. The van der Waals surface area contributed by atoms with Gasteiger partial charge in [0.2, 0.25) is 0 Å². The Hall–Kier alpha value is -0.120. The first-order chi connectivity index (χ1) is 8.56. The first kappa shape index (κ1) is 14.3. The Balaban J connectivity index is 1.81. The SMILES string of the molecule is CC1CCC(C(C)C)C(OCC2COC(C)O2)C1. The van der Waals surface area contributed by atoms with Gasteiger partial charge in [0.05, 0.1) is 19.3 Å². The average Bonchev–Trinajstić information content (AvgIpc) is 2.72. The molecule has 5 unspecified atom stereocenters. The molecule has 18 heavy (non-hydrogen) atoms. The number of hydrogen-bond acceptors (Lipinski definition) is 3. The second-order valence-corrected chi connectivity index (χ2v) is 6.36. The molecule has 0 aromatic carbocycles. The van der Waals surface area contributed by atoms with Gasteiger partial charge in [-0.15, -0.1) is 0 Å². The molecule has 0 amide bonds. The molecule has 3 heteroatoms. The number of ether oxygens (including phenoxy) is 3. The average molecular weight is 256 g/mol. The highest BCUT2D eigenvalue weighted by atomic mass is 16.7. The third kappa shape index (κ3) is 3.69. The Morgan fingerprint density at radius 2 is 2.00 bits per heavy atom. The monoisotopic (exact) mass is 256 g/mol. The lowest BCUT2D eigenvalue weighted by atomic mass is 9.75. The molecule has 1 heterocycles. The topological polar surface area (TPSA) is 27.7 Å². The molecule has 3 nitrogen and oxygen atoms in total. The van der Waals surface area contributed by atoms with Gasteiger partial charge in [0.15, 0.2) is 6.29 Å². The maximum atomic E-state index is 6.15. The zero-order valence-electron chi connectivity index (χ0n) is 12.2. The van der Waals surface area contributed by atoms with E-state index >= 15 is 0 Å². The van der Waals surface area contributed by atoms with Crippen molar-refractivity contribution < 1.29 is 14.2 Å². The zero-order valence-corrected chi connectivity index (χ0v) is 12.2. The van der Waals surface area contributed by atoms with Crippen molar-refractivity contribution in [1.82, 2.24) is 0 Å². The van der Waals surface area contributed by atoms with E-state index in [0.717, 1.165) is 5.92 Å². The maximum absolute atomic E-state index is 6.15. The van der Waals surface area contributed by atoms with Crippen molar-refractivity contribution in [1.29, 1.82) is 0 Å². The molecule has 5 atom stereocenters. The van der Waals surface area contributed by atoms with Crippen LogP contribution in [0.3, 0.4) is 0 Å². The summed E-state index contributed by atoms with van der Waals surface area (Å²) in [4.78, 5) is 0. The second-order valence-electron chi connectivity index (χ2n) is 6.36. The van der Waals surface area contributed by atoms with Crippen LogP contribution >= 0.6 is 0 Å². The molecule has 0 bridgehead atoms. The number of rotatable bonds is 4. The third-order valence-corrected chi connectivity index (χ3v) is 4.36. The van der Waals surface area contributed by atoms with Crippen LogP contribution in [0, 0.1) is 17.8 Å². The minimum atomic E-state index is -0.0650. The van der Waals surface area contributed by atoms with Crippen LogP contribution in [0.15, 0.2) is 0 Å². The Morgan fingerprint density at radius 1 is 1.22 bits per heavy atom. The summed E-state index contributed by atoms with van der Waals surface area (Å²) < 4.78 is 17.2. The van der Waals surface area contributed by atoms with Gasteiger partial charge in [-0.25, -0.2) is 0 Å². The van der Waals surface area contributed by atoms with Crippen LogP contribution in [0.4, 0.5) is 0 Å². The summed E-state index contributed by atoms with van der Waals surface area (Å²) in [6.07, 6.45) is 4.33. The fourth-order valence-electron chi connectivity index (χ4n) is 3.22. The minimum Gasteiger partial charge on any atom is -0.375 e. The van der Waals surface area contributed by atoms with E-state index in [2.05, 4.69) is 20.8 Å². The van der Waals surface area contributed by atoms with Crippen LogP contribution in [0.1, 0.15) is 47.0 Å². The molecule has 1 aliphatic carbocycles. The van der Waals surface area contributed by atoms with E-state index in [0.29, 0.717) is 31.2 Å². The van der Waals surface area contributed by atoms with Crippen molar-refractivity contribution >= 4 is 0 Å². The van der Waals surface area contributed by atoms with Crippen LogP contribution in [-0.4, -0.2) is 31.7 Å². The fourth-order valence-corrected chi connectivity index (χ4v) is 3.22. The second kappa shape index (κ2) is 6.36. The first-order valence-corrected chi connectivity index (χ1v) is 7.45. The van der Waals surface area contributed by atoms with Gasteiger partial charge >= 0.3 is 0 Å². The Kier molecular flexibility index (Phi) is 5.05. The van der Waals surface area contributed by atoms with E-state index in [9.17, 15) is 0 Å². The molecule has 0 spiro atoms. The molecule has 2 rings (SSSR count). The van der Waals surface area contributed by atoms with Crippen molar-refractivity contribution in [3.8, 4) is 0 Å². The molecule has 1 aliphatic heterocycles. The van der Waals surface area contributed by atoms with Gasteiger partial charge in [-0.2, -0.15) is 0 Å². The Bertz CT molecular complexity index is 254. The van der Waals surface area contributed by atoms with Crippen LogP contribution in [-0.2, 0) is 14.2 Å². The first-order valence-electron chi connectivity index (χ1n) is 7.45. The zero-order chi connectivity index (χ0) is 13.1. The summed E-state index contributed by atoms with van der Waals surface area (Å²) in [6.45, 7) is 10.3. The Labute approximate surface area is 111 Å². The summed E-state index contributed by atoms with van der Waals surface area (Å²) in [5, 5.41) is 0. The molecule has 0 aromatic heterocycles. The van der Waals surface area contributed by atoms with Gasteiger partial charge < -0.3 is 14.2 Å². The third-order valence-electron chi connectivity index (χ3n) is 4.36. The number of hydrogen-bond donors (Lipinski definition) is 0. The van der Waals surface area contributed by atoms with Gasteiger partial charge in [0, 0.05) is 0 Å². The summed E-state index contributed by atoms with van der Waals surface area (Å²) in [5.74, 6) is 2.22. The molecule has 0 radical (unpaired) electrons. The summed E-state index contributed by atoms with van der Waals surface area (Å²) >= 11 is 0. The van der Waals surface area contributed by atoms with Crippen molar-refractivity contribution in [2.45, 2.75) is 65.5 Å². The summed E-state index contributed by atoms with van der Waals surface area (Å²) in [5.41, 5.74) is 0. The van der Waals surface area contributed by atoms with Crippen molar-refractivity contribution in [2.75, 3.05) is 13.2 Å². The lowest BCUT2D eigenvalue weighted by Crippen LogP contribution is -2.36. The predicted octanol–water partition coefficient (Wildman–Crippen LogP) is 3.23. The summed E-state index contributed by atoms with van der Waals surface area (Å²) in [6, 6.07) is 0. The van der Waals surface area contributed by atoms with Crippen LogP contribution in [0.25, 0.3) is 0 Å². The molecule has 2 aliphatic rings. The normalized spacial score (nSPS) is 41.5. The minimum absolute atomic E-state index is 0.0650. The quantitative estimate of drug-likeness (QED) is 0.773. The van der Waals surface area contributed by atoms with Gasteiger partial charge in [-0.1, -0.05) is 27.2 Å². The lowest BCUT2D eigenvalue weighted by molar-refractivity contribution is -0.0913. The predicted molar refractivity (Wildman–Crippen MR) is 71.4 cm³/mol. The highest BCUT2D eigenvalue weighted by Crippen LogP contribution is 2.35. The smallest absolute Gasteiger partial charge is 0.155 e. The highest BCUT2D eigenvalue weighted by Gasteiger charge is 2.32. The molecular weight excluding hydrogens is 228 g/mol. The molecule has 2 fully saturated rings. The van der Waals surface area contributed by atoms with Gasteiger partial charge in [0.25, 0.3) is 0 Å². The van der Waals surface area contributed by atoms with Crippen LogP contribution in [0.5, 0.6) is 0 Å². The van der Waals surface area contributed by atoms with E-state index < -0.39 is 0 Å². The van der Waals surface area contributed by atoms with Gasteiger partial charge in [-0.3, -0.25) is 0 Å². The summed E-state index contributed by atoms with van der Waals surface area (Å²) in [7, 11) is 0. The molecular formula is C15H28O3. The highest BCUT2D eigenvalue weighted by molar-refractivity contribution is 4.81. The van der Waals surface area contributed by atoms with Crippen molar-refractivity contribution in [2.24, 2.45) is 17.8 Å². The van der Waals surface area contributed by atoms with E-state index in [4.69, 9.17) is 14.2 Å². The van der Waals surface area contributed by atoms with E-state index in [-0.39, 0.29) is 12.4 Å². The maximum Gasteiger partial charge on any atom is 0.155 e. The molecule has 1 saturated heterocycles. The molecule has 0 N–H and O–H groups in total. The van der Waals surface area contributed by atoms with Crippen LogP contribution in [0.2, 0.25) is 0 Å². The molecule has 1 saturated carbocycles. The van der Waals surface area contributed by atoms with Gasteiger partial charge in [0.1, 0.15) is 6.10 Å².